The Balaban J connectivity index is 2.74. The van der Waals surface area contributed by atoms with Crippen molar-refractivity contribution in [3.63, 3.8) is 0 Å². The number of carbonyl (C=O) groups excluding carboxylic acids is 1. The summed E-state index contributed by atoms with van der Waals surface area (Å²) < 4.78 is 9.84. The molecule has 0 heterocycles. The molecule has 4 nitrogen and oxygen atoms in total. The van der Waals surface area contributed by atoms with Crippen molar-refractivity contribution >= 4 is 5.97 Å². The second-order valence-electron chi connectivity index (χ2n) is 3.42. The third kappa shape index (κ3) is 1.84. The Kier molecular flexibility index (Phi) is 3.27. The number of esters is 1. The fraction of sp³-hybridized carbons (Fsp3) is 0.889. The van der Waals surface area contributed by atoms with Gasteiger partial charge in [-0.1, -0.05) is 0 Å². The maximum atomic E-state index is 11.6. The van der Waals surface area contributed by atoms with Crippen molar-refractivity contribution in [1.82, 2.24) is 5.32 Å². The van der Waals surface area contributed by atoms with Crippen molar-refractivity contribution in [2.45, 2.75) is 18.4 Å². The summed E-state index contributed by atoms with van der Waals surface area (Å²) in [6.45, 7) is 0.376. The average molecular weight is 187 g/mol. The molecule has 0 aromatic heterocycles. The van der Waals surface area contributed by atoms with Crippen LogP contribution in [0, 0.1) is 5.92 Å². The molecule has 1 fully saturated rings. The summed E-state index contributed by atoms with van der Waals surface area (Å²) in [5.41, 5.74) is -0.622. The third-order valence-electron chi connectivity index (χ3n) is 2.64. The van der Waals surface area contributed by atoms with Crippen LogP contribution in [0.4, 0.5) is 0 Å². The Morgan fingerprint density at radius 2 is 2.15 bits per heavy atom. The number of hydrogen-bond acceptors (Lipinski definition) is 4. The molecule has 0 aromatic carbocycles. The zero-order valence-electron chi connectivity index (χ0n) is 8.42. The molecular weight excluding hydrogens is 170 g/mol. The number of likely N-dealkylation sites (N-methyl/N-ethyl adjacent to an activating group) is 1. The van der Waals surface area contributed by atoms with Gasteiger partial charge in [0.05, 0.1) is 13.7 Å². The Morgan fingerprint density at radius 3 is 2.46 bits per heavy atom. The van der Waals surface area contributed by atoms with Crippen molar-refractivity contribution in [2.24, 2.45) is 5.92 Å². The highest BCUT2D eigenvalue weighted by atomic mass is 16.5. The largest absolute Gasteiger partial charge is 0.468 e. The van der Waals surface area contributed by atoms with Crippen LogP contribution in [-0.2, 0) is 14.3 Å². The molecule has 1 atom stereocenters. The van der Waals surface area contributed by atoms with Gasteiger partial charge in [-0.25, -0.2) is 4.79 Å². The van der Waals surface area contributed by atoms with Gasteiger partial charge in [0, 0.05) is 7.11 Å². The van der Waals surface area contributed by atoms with Gasteiger partial charge in [0.1, 0.15) is 5.54 Å². The molecule has 0 saturated heterocycles. The summed E-state index contributed by atoms with van der Waals surface area (Å²) in [5, 5.41) is 3.03. The van der Waals surface area contributed by atoms with Crippen LogP contribution in [0.15, 0.2) is 0 Å². The fourth-order valence-corrected chi connectivity index (χ4v) is 1.71. The highest BCUT2D eigenvalue weighted by molar-refractivity contribution is 5.82. The van der Waals surface area contributed by atoms with E-state index in [0.717, 1.165) is 12.8 Å². The Bertz CT molecular complexity index is 191. The Morgan fingerprint density at radius 1 is 1.54 bits per heavy atom. The summed E-state index contributed by atoms with van der Waals surface area (Å²) in [4.78, 5) is 11.6. The van der Waals surface area contributed by atoms with Crippen LogP contribution in [0.1, 0.15) is 12.8 Å². The minimum Gasteiger partial charge on any atom is -0.468 e. The standard InChI is InChI=1S/C9H17NO3/c1-10-9(6-12-2,7-4-5-7)8(11)13-3/h7,10H,4-6H2,1-3H3. The van der Waals surface area contributed by atoms with Gasteiger partial charge in [-0.05, 0) is 25.8 Å². The van der Waals surface area contributed by atoms with Crippen LogP contribution in [-0.4, -0.2) is 39.4 Å². The van der Waals surface area contributed by atoms with Gasteiger partial charge in [-0.15, -0.1) is 0 Å². The molecule has 1 saturated carbocycles. The van der Waals surface area contributed by atoms with E-state index < -0.39 is 5.54 Å². The first-order chi connectivity index (χ1) is 6.21. The van der Waals surface area contributed by atoms with Crippen LogP contribution < -0.4 is 5.32 Å². The van der Waals surface area contributed by atoms with Crippen LogP contribution >= 0.6 is 0 Å². The number of hydrogen-bond donors (Lipinski definition) is 1. The van der Waals surface area contributed by atoms with Crippen LogP contribution in [0.3, 0.4) is 0 Å². The van der Waals surface area contributed by atoms with E-state index in [1.807, 2.05) is 0 Å². The molecule has 0 bridgehead atoms. The van der Waals surface area contributed by atoms with Crippen LogP contribution in [0.2, 0.25) is 0 Å². The number of ether oxygens (including phenoxy) is 2. The van der Waals surface area contributed by atoms with Gasteiger partial charge in [0.15, 0.2) is 0 Å². The first-order valence-corrected chi connectivity index (χ1v) is 4.47. The van der Waals surface area contributed by atoms with Gasteiger partial charge in [-0.2, -0.15) is 0 Å². The highest BCUT2D eigenvalue weighted by Gasteiger charge is 2.51. The summed E-state index contributed by atoms with van der Waals surface area (Å²) in [6.07, 6.45) is 2.14. The van der Waals surface area contributed by atoms with Gasteiger partial charge in [0.25, 0.3) is 0 Å². The first-order valence-electron chi connectivity index (χ1n) is 4.47. The molecule has 1 rings (SSSR count). The summed E-state index contributed by atoms with van der Waals surface area (Å²) in [5.74, 6) is 0.143. The van der Waals surface area contributed by atoms with E-state index in [1.54, 1.807) is 14.2 Å². The minimum atomic E-state index is -0.622. The zero-order valence-corrected chi connectivity index (χ0v) is 8.42. The summed E-state index contributed by atoms with van der Waals surface area (Å²) in [6, 6.07) is 0. The topological polar surface area (TPSA) is 47.6 Å². The molecular formula is C9H17NO3. The summed E-state index contributed by atoms with van der Waals surface area (Å²) in [7, 11) is 4.78. The maximum Gasteiger partial charge on any atom is 0.328 e. The van der Waals surface area contributed by atoms with Crippen molar-refractivity contribution in [3.05, 3.63) is 0 Å². The molecule has 0 aliphatic heterocycles. The lowest BCUT2D eigenvalue weighted by atomic mass is 9.94. The smallest absolute Gasteiger partial charge is 0.328 e. The molecule has 1 N–H and O–H groups in total. The van der Waals surface area contributed by atoms with Gasteiger partial charge in [-0.3, -0.25) is 0 Å². The predicted molar refractivity (Wildman–Crippen MR) is 48.4 cm³/mol. The molecule has 0 aromatic rings. The summed E-state index contributed by atoms with van der Waals surface area (Å²) >= 11 is 0. The number of methoxy groups -OCH3 is 2. The molecule has 0 radical (unpaired) electrons. The zero-order chi connectivity index (χ0) is 9.90. The second kappa shape index (κ2) is 4.07. The van der Waals surface area contributed by atoms with Crippen molar-refractivity contribution in [1.29, 1.82) is 0 Å². The maximum absolute atomic E-state index is 11.6. The van der Waals surface area contributed by atoms with E-state index in [2.05, 4.69) is 5.32 Å². The van der Waals surface area contributed by atoms with Gasteiger partial charge in [0.2, 0.25) is 0 Å². The average Bonchev–Trinajstić information content (AvgIpc) is 2.96. The molecule has 4 heteroatoms. The minimum absolute atomic E-state index is 0.223. The lowest BCUT2D eigenvalue weighted by Crippen LogP contribution is -2.56. The predicted octanol–water partition coefficient (Wildman–Crippen LogP) is 0.174. The van der Waals surface area contributed by atoms with E-state index >= 15 is 0 Å². The first kappa shape index (κ1) is 10.5. The molecule has 1 aliphatic carbocycles. The fourth-order valence-electron chi connectivity index (χ4n) is 1.71. The highest BCUT2D eigenvalue weighted by Crippen LogP contribution is 2.40. The molecule has 1 aliphatic rings. The normalized spacial score (nSPS) is 20.8. The SMILES string of the molecule is CNC(COC)(C(=O)OC)C1CC1. The second-order valence-corrected chi connectivity index (χ2v) is 3.42. The monoisotopic (exact) mass is 187 g/mol. The Hall–Kier alpha value is -0.610. The molecule has 1 unspecified atom stereocenters. The van der Waals surface area contributed by atoms with E-state index in [4.69, 9.17) is 9.47 Å². The number of carbonyl (C=O) groups is 1. The van der Waals surface area contributed by atoms with E-state index in [-0.39, 0.29) is 5.97 Å². The van der Waals surface area contributed by atoms with E-state index in [1.165, 1.54) is 7.11 Å². The third-order valence-corrected chi connectivity index (χ3v) is 2.64. The number of rotatable bonds is 5. The van der Waals surface area contributed by atoms with E-state index in [9.17, 15) is 4.79 Å². The lowest BCUT2D eigenvalue weighted by molar-refractivity contribution is -0.152. The number of nitrogens with one attached hydrogen (secondary N) is 1. The van der Waals surface area contributed by atoms with Gasteiger partial charge < -0.3 is 14.8 Å². The van der Waals surface area contributed by atoms with Crippen molar-refractivity contribution in [3.8, 4) is 0 Å². The Labute approximate surface area is 78.6 Å². The van der Waals surface area contributed by atoms with Crippen LogP contribution in [0.25, 0.3) is 0 Å². The molecule has 0 amide bonds. The quantitative estimate of drug-likeness (QED) is 0.623. The lowest BCUT2D eigenvalue weighted by Gasteiger charge is -2.29. The van der Waals surface area contributed by atoms with Crippen molar-refractivity contribution < 1.29 is 14.3 Å². The molecule has 13 heavy (non-hydrogen) atoms. The molecule has 76 valence electrons. The van der Waals surface area contributed by atoms with Crippen molar-refractivity contribution in [2.75, 3.05) is 27.9 Å². The molecule has 0 spiro atoms. The van der Waals surface area contributed by atoms with E-state index in [0.29, 0.717) is 12.5 Å². The van der Waals surface area contributed by atoms with Gasteiger partial charge >= 0.3 is 5.97 Å². The van der Waals surface area contributed by atoms with Crippen LogP contribution in [0.5, 0.6) is 0 Å².